The van der Waals surface area contributed by atoms with E-state index in [4.69, 9.17) is 32.7 Å². The van der Waals surface area contributed by atoms with Crippen molar-refractivity contribution in [3.63, 3.8) is 0 Å². The van der Waals surface area contributed by atoms with E-state index in [0.29, 0.717) is 32.8 Å². The number of anilines is 1. The number of nitrogens with one attached hydrogen (secondary N) is 1. The Hall–Kier alpha value is -3.47. The molecule has 0 radical (unpaired) electrons. The molecule has 44 heavy (non-hydrogen) atoms. The number of nitrogens with zero attached hydrogens (tertiary/aromatic N) is 2. The summed E-state index contributed by atoms with van der Waals surface area (Å²) < 4.78 is 37.5. The van der Waals surface area contributed by atoms with Crippen molar-refractivity contribution in [1.29, 1.82) is 0 Å². The maximum atomic E-state index is 14.0. The summed E-state index contributed by atoms with van der Waals surface area (Å²) in [7, 11) is -3.68. The second-order valence-corrected chi connectivity index (χ2v) is 14.4. The number of ether oxygens (including phenoxy) is 2. The number of rotatable bonds is 12. The topological polar surface area (TPSA) is 105 Å². The number of carbonyl (C=O) groups is 2. The van der Waals surface area contributed by atoms with Crippen molar-refractivity contribution in [2.45, 2.75) is 58.2 Å². The van der Waals surface area contributed by atoms with Gasteiger partial charge in [-0.1, -0.05) is 59.6 Å². The molecule has 3 aromatic rings. The predicted molar refractivity (Wildman–Crippen MR) is 173 cm³/mol. The molecule has 0 spiro atoms. The number of benzene rings is 3. The molecule has 0 fully saturated rings. The van der Waals surface area contributed by atoms with E-state index in [-0.39, 0.29) is 51.0 Å². The maximum absolute atomic E-state index is 14.0. The highest BCUT2D eigenvalue weighted by Gasteiger charge is 2.33. The molecule has 0 saturated carbocycles. The first-order chi connectivity index (χ1) is 20.7. The highest BCUT2D eigenvalue weighted by molar-refractivity contribution is 7.92. The lowest BCUT2D eigenvalue weighted by Gasteiger charge is -2.34. The molecule has 9 nitrogen and oxygen atoms in total. The Labute approximate surface area is 269 Å². The summed E-state index contributed by atoms with van der Waals surface area (Å²) in [6, 6.07) is 18.5. The van der Waals surface area contributed by atoms with E-state index in [1.165, 1.54) is 9.21 Å². The zero-order valence-electron chi connectivity index (χ0n) is 25.2. The van der Waals surface area contributed by atoms with Gasteiger partial charge < -0.3 is 19.7 Å². The first kappa shape index (κ1) is 33.4. The van der Waals surface area contributed by atoms with Crippen LogP contribution >= 0.6 is 23.2 Å². The zero-order valence-corrected chi connectivity index (χ0v) is 27.5. The van der Waals surface area contributed by atoms with E-state index in [0.717, 1.165) is 11.8 Å². The number of halogens is 2. The number of hydrogen-bond donors (Lipinski definition) is 1. The average molecular weight is 663 g/mol. The summed E-state index contributed by atoms with van der Waals surface area (Å²) >= 11 is 12.6. The lowest BCUT2D eigenvalue weighted by molar-refractivity contribution is -0.142. The van der Waals surface area contributed by atoms with Gasteiger partial charge in [-0.2, -0.15) is 0 Å². The van der Waals surface area contributed by atoms with Gasteiger partial charge in [-0.05, 0) is 62.6 Å². The quantitative estimate of drug-likeness (QED) is 0.262. The van der Waals surface area contributed by atoms with E-state index in [1.54, 1.807) is 36.4 Å². The molecule has 3 aromatic carbocycles. The molecular formula is C32H37Cl2N3O6S. The lowest BCUT2D eigenvalue weighted by Crippen LogP contribution is -2.54. The van der Waals surface area contributed by atoms with Gasteiger partial charge in [-0.3, -0.25) is 13.9 Å². The fraction of sp³-hybridized carbons (Fsp3) is 0.375. The van der Waals surface area contributed by atoms with Crippen LogP contribution in [0.3, 0.4) is 0 Å². The minimum atomic E-state index is -3.68. The van der Waals surface area contributed by atoms with Crippen LogP contribution in [-0.4, -0.2) is 56.3 Å². The van der Waals surface area contributed by atoms with Gasteiger partial charge >= 0.3 is 0 Å². The second-order valence-electron chi connectivity index (χ2n) is 11.7. The molecule has 1 aliphatic heterocycles. The molecule has 4 rings (SSSR count). The number of carbonyl (C=O) groups excluding carboxylic acids is 2. The Kier molecular flexibility index (Phi) is 10.7. The van der Waals surface area contributed by atoms with Crippen molar-refractivity contribution in [3.05, 3.63) is 87.9 Å². The molecule has 12 heteroatoms. The Balaban J connectivity index is 1.61. The predicted octanol–water partition coefficient (Wildman–Crippen LogP) is 5.82. The standard InChI is InChI=1S/C32H37Cl2N3O6S/c1-32(2,3)35-31(39)27(17-22-9-6-5-7-10-22)36(20-23-12-13-24(33)18-26(23)34)30(38)11-8-16-37(44(4,40)41)25-14-15-28-29(19-25)43-21-42-28/h5-7,9-10,12-15,18-19,27H,8,11,16-17,20-21H2,1-4H3,(H,35,39)/t27-/m1/s1. The zero-order chi connectivity index (χ0) is 32.1. The molecule has 1 N–H and O–H groups in total. The maximum Gasteiger partial charge on any atom is 0.243 e. The number of sulfonamides is 1. The Morgan fingerprint density at radius 1 is 0.977 bits per heavy atom. The summed E-state index contributed by atoms with van der Waals surface area (Å²) in [5.74, 6) is 0.358. The van der Waals surface area contributed by atoms with Crippen LogP contribution in [0, 0.1) is 0 Å². The van der Waals surface area contributed by atoms with Crippen molar-refractivity contribution in [3.8, 4) is 11.5 Å². The van der Waals surface area contributed by atoms with Crippen molar-refractivity contribution in [2.75, 3.05) is 23.9 Å². The SMILES string of the molecule is CC(C)(C)NC(=O)[C@@H](Cc1ccccc1)N(Cc1ccc(Cl)cc1Cl)C(=O)CCCN(c1ccc2c(c1)OCO2)S(C)(=O)=O. The first-order valence-corrected chi connectivity index (χ1v) is 16.8. The van der Waals surface area contributed by atoms with Crippen molar-refractivity contribution in [2.24, 2.45) is 0 Å². The largest absolute Gasteiger partial charge is 0.454 e. The molecule has 236 valence electrons. The average Bonchev–Trinajstić information content (AvgIpc) is 3.41. The second kappa shape index (κ2) is 14.1. The number of hydrogen-bond acceptors (Lipinski definition) is 6. The minimum absolute atomic E-state index is 0.0180. The van der Waals surface area contributed by atoms with Gasteiger partial charge in [0.25, 0.3) is 0 Å². The van der Waals surface area contributed by atoms with Crippen LogP contribution in [0.25, 0.3) is 0 Å². The third-order valence-electron chi connectivity index (χ3n) is 6.92. The van der Waals surface area contributed by atoms with E-state index in [2.05, 4.69) is 5.32 Å². The highest BCUT2D eigenvalue weighted by Crippen LogP contribution is 2.36. The first-order valence-electron chi connectivity index (χ1n) is 14.2. The van der Waals surface area contributed by atoms with Gasteiger partial charge in [0.15, 0.2) is 11.5 Å². The van der Waals surface area contributed by atoms with Gasteiger partial charge in [0.05, 0.1) is 11.9 Å². The minimum Gasteiger partial charge on any atom is -0.454 e. The molecule has 1 heterocycles. The molecule has 1 aliphatic rings. The van der Waals surface area contributed by atoms with Crippen LogP contribution in [0.1, 0.15) is 44.7 Å². The highest BCUT2D eigenvalue weighted by atomic mass is 35.5. The van der Waals surface area contributed by atoms with Gasteiger partial charge in [-0.25, -0.2) is 8.42 Å². The van der Waals surface area contributed by atoms with Crippen LogP contribution < -0.4 is 19.1 Å². The third-order valence-corrected chi connectivity index (χ3v) is 8.70. The molecule has 2 amide bonds. The number of amides is 2. The Bertz CT molecular complexity index is 1600. The Morgan fingerprint density at radius 3 is 2.34 bits per heavy atom. The summed E-state index contributed by atoms with van der Waals surface area (Å²) in [5, 5.41) is 3.85. The normalized spacial score (nSPS) is 13.3. The van der Waals surface area contributed by atoms with Crippen molar-refractivity contribution in [1.82, 2.24) is 10.2 Å². The van der Waals surface area contributed by atoms with Gasteiger partial charge in [0, 0.05) is 47.6 Å². The van der Waals surface area contributed by atoms with E-state index in [1.807, 2.05) is 51.1 Å². The molecule has 0 bridgehead atoms. The number of fused-ring (bicyclic) bond motifs is 1. The van der Waals surface area contributed by atoms with Gasteiger partial charge in [0.2, 0.25) is 28.6 Å². The lowest BCUT2D eigenvalue weighted by atomic mass is 10.00. The van der Waals surface area contributed by atoms with Crippen LogP contribution in [0.5, 0.6) is 11.5 Å². The van der Waals surface area contributed by atoms with E-state index >= 15 is 0 Å². The van der Waals surface area contributed by atoms with Crippen LogP contribution in [0.4, 0.5) is 5.69 Å². The van der Waals surface area contributed by atoms with Crippen LogP contribution in [-0.2, 0) is 32.6 Å². The summed E-state index contributed by atoms with van der Waals surface area (Å²) in [6.45, 7) is 5.79. The van der Waals surface area contributed by atoms with Crippen LogP contribution in [0.15, 0.2) is 66.7 Å². The third kappa shape index (κ3) is 9.03. The molecule has 0 saturated heterocycles. The summed E-state index contributed by atoms with van der Waals surface area (Å²) in [5.41, 5.74) is 1.37. The smallest absolute Gasteiger partial charge is 0.243 e. The molecule has 1 atom stereocenters. The van der Waals surface area contributed by atoms with Crippen molar-refractivity contribution < 1.29 is 27.5 Å². The molecular weight excluding hydrogens is 625 g/mol. The van der Waals surface area contributed by atoms with E-state index in [9.17, 15) is 18.0 Å². The van der Waals surface area contributed by atoms with E-state index < -0.39 is 21.6 Å². The fourth-order valence-electron chi connectivity index (χ4n) is 4.88. The molecule has 0 aliphatic carbocycles. The van der Waals surface area contributed by atoms with Gasteiger partial charge in [-0.15, -0.1) is 0 Å². The molecule has 0 aromatic heterocycles. The van der Waals surface area contributed by atoms with Gasteiger partial charge in [0.1, 0.15) is 6.04 Å². The summed E-state index contributed by atoms with van der Waals surface area (Å²) in [6.07, 6.45) is 1.56. The fourth-order valence-corrected chi connectivity index (χ4v) is 6.31. The monoisotopic (exact) mass is 661 g/mol. The van der Waals surface area contributed by atoms with Crippen LogP contribution in [0.2, 0.25) is 10.0 Å². The summed E-state index contributed by atoms with van der Waals surface area (Å²) in [4.78, 5) is 29.3. The van der Waals surface area contributed by atoms with Crippen molar-refractivity contribution >= 4 is 50.7 Å². The molecule has 0 unspecified atom stereocenters. The Morgan fingerprint density at radius 2 is 1.68 bits per heavy atom.